The van der Waals surface area contributed by atoms with E-state index in [1.54, 1.807) is 12.5 Å². The van der Waals surface area contributed by atoms with E-state index in [1.807, 2.05) is 36.4 Å². The van der Waals surface area contributed by atoms with Gasteiger partial charge in [0.2, 0.25) is 0 Å². The van der Waals surface area contributed by atoms with Crippen molar-refractivity contribution >= 4 is 27.8 Å². The molecule has 0 amide bonds. The predicted octanol–water partition coefficient (Wildman–Crippen LogP) is 3.79. The number of benzene rings is 1. The van der Waals surface area contributed by atoms with Crippen LogP contribution in [0.4, 0.5) is 5.69 Å². The molecule has 0 atom stereocenters. The van der Waals surface area contributed by atoms with Crippen molar-refractivity contribution < 1.29 is 4.42 Å². The molecule has 0 spiro atoms. The molecule has 0 saturated heterocycles. The van der Waals surface area contributed by atoms with E-state index in [9.17, 15) is 0 Å². The van der Waals surface area contributed by atoms with E-state index in [0.717, 1.165) is 15.9 Å². The number of aliphatic imine (C=N–C) groups is 1. The van der Waals surface area contributed by atoms with Crippen molar-refractivity contribution in [2.24, 2.45) is 4.99 Å². The number of rotatable bonds is 2. The predicted molar refractivity (Wildman–Crippen MR) is 60.1 cm³/mol. The van der Waals surface area contributed by atoms with Gasteiger partial charge in [-0.2, -0.15) is 0 Å². The van der Waals surface area contributed by atoms with Crippen molar-refractivity contribution in [3.8, 4) is 0 Å². The van der Waals surface area contributed by atoms with Crippen LogP contribution < -0.4 is 0 Å². The molecule has 0 aliphatic carbocycles. The lowest BCUT2D eigenvalue weighted by molar-refractivity contribution is 0.560. The first-order chi connectivity index (χ1) is 6.86. The number of halogens is 1. The summed E-state index contributed by atoms with van der Waals surface area (Å²) in [6.45, 7) is 0. The van der Waals surface area contributed by atoms with Crippen LogP contribution in [0.3, 0.4) is 0 Å². The molecule has 0 N–H and O–H groups in total. The summed E-state index contributed by atoms with van der Waals surface area (Å²) in [5, 5.41) is 0. The van der Waals surface area contributed by atoms with E-state index >= 15 is 0 Å². The Morgan fingerprint density at radius 3 is 2.71 bits per heavy atom. The van der Waals surface area contributed by atoms with Crippen LogP contribution >= 0.6 is 15.9 Å². The second kappa shape index (κ2) is 4.24. The van der Waals surface area contributed by atoms with E-state index in [1.165, 1.54) is 0 Å². The van der Waals surface area contributed by atoms with Crippen molar-refractivity contribution in [3.05, 3.63) is 52.9 Å². The minimum Gasteiger partial charge on any atom is -0.463 e. The molecule has 0 unspecified atom stereocenters. The second-order valence-electron chi connectivity index (χ2n) is 2.73. The molecule has 1 aromatic carbocycles. The van der Waals surface area contributed by atoms with Crippen LogP contribution in [-0.4, -0.2) is 6.21 Å². The fourth-order valence-electron chi connectivity index (χ4n) is 1.05. The SMILES string of the molecule is Brc1ccccc1N=Cc1ccco1. The molecule has 1 heterocycles. The average Bonchev–Trinajstić information content (AvgIpc) is 2.69. The third kappa shape index (κ3) is 2.12. The van der Waals surface area contributed by atoms with Gasteiger partial charge in [-0.15, -0.1) is 0 Å². The Bertz CT molecular complexity index is 434. The molecule has 14 heavy (non-hydrogen) atoms. The molecule has 0 fully saturated rings. The van der Waals surface area contributed by atoms with E-state index in [0.29, 0.717) is 0 Å². The molecule has 2 rings (SSSR count). The molecule has 1 aromatic heterocycles. The van der Waals surface area contributed by atoms with Crippen molar-refractivity contribution in [3.63, 3.8) is 0 Å². The quantitative estimate of drug-likeness (QED) is 0.744. The maximum Gasteiger partial charge on any atom is 0.144 e. The smallest absolute Gasteiger partial charge is 0.144 e. The third-order valence-electron chi connectivity index (χ3n) is 1.73. The fraction of sp³-hybridized carbons (Fsp3) is 0. The fourth-order valence-corrected chi connectivity index (χ4v) is 1.44. The molecule has 0 saturated carbocycles. The van der Waals surface area contributed by atoms with Gasteiger partial charge in [-0.3, -0.25) is 4.99 Å². The number of nitrogens with zero attached hydrogens (tertiary/aromatic N) is 1. The van der Waals surface area contributed by atoms with Crippen LogP contribution in [0.1, 0.15) is 5.76 Å². The van der Waals surface area contributed by atoms with Crippen LogP contribution in [0.2, 0.25) is 0 Å². The van der Waals surface area contributed by atoms with Crippen molar-refractivity contribution in [2.75, 3.05) is 0 Å². The van der Waals surface area contributed by atoms with Crippen LogP contribution in [-0.2, 0) is 0 Å². The summed E-state index contributed by atoms with van der Waals surface area (Å²) in [6, 6.07) is 11.5. The molecule has 0 aliphatic heterocycles. The first-order valence-corrected chi connectivity index (χ1v) is 4.97. The Hall–Kier alpha value is -1.35. The highest BCUT2D eigenvalue weighted by Gasteiger charge is 1.94. The van der Waals surface area contributed by atoms with Crippen LogP contribution in [0.5, 0.6) is 0 Å². The number of para-hydroxylation sites is 1. The monoisotopic (exact) mass is 249 g/mol. The van der Waals surface area contributed by atoms with E-state index in [-0.39, 0.29) is 0 Å². The van der Waals surface area contributed by atoms with Crippen molar-refractivity contribution in [1.82, 2.24) is 0 Å². The largest absolute Gasteiger partial charge is 0.463 e. The molecular weight excluding hydrogens is 242 g/mol. The standard InChI is InChI=1S/C11H8BrNO/c12-10-5-1-2-6-11(10)13-8-9-4-3-7-14-9/h1-8H. The third-order valence-corrected chi connectivity index (χ3v) is 2.40. The molecular formula is C11H8BrNO. The Kier molecular flexibility index (Phi) is 2.79. The number of furan rings is 1. The van der Waals surface area contributed by atoms with Crippen LogP contribution in [0.25, 0.3) is 0 Å². The number of hydrogen-bond donors (Lipinski definition) is 0. The Labute approximate surface area is 90.4 Å². The zero-order valence-electron chi connectivity index (χ0n) is 7.35. The van der Waals surface area contributed by atoms with Gasteiger partial charge in [0.15, 0.2) is 0 Å². The first-order valence-electron chi connectivity index (χ1n) is 4.18. The maximum absolute atomic E-state index is 5.13. The van der Waals surface area contributed by atoms with Gasteiger partial charge in [0, 0.05) is 4.47 Å². The maximum atomic E-state index is 5.13. The summed E-state index contributed by atoms with van der Waals surface area (Å²) in [5.41, 5.74) is 0.893. The lowest BCUT2D eigenvalue weighted by atomic mass is 10.3. The lowest BCUT2D eigenvalue weighted by Gasteiger charge is -1.94. The summed E-state index contributed by atoms with van der Waals surface area (Å²) < 4.78 is 6.11. The molecule has 3 heteroatoms. The molecule has 0 aliphatic rings. The van der Waals surface area contributed by atoms with Gasteiger partial charge in [0.05, 0.1) is 18.2 Å². The van der Waals surface area contributed by atoms with E-state index < -0.39 is 0 Å². The van der Waals surface area contributed by atoms with Gasteiger partial charge in [0.25, 0.3) is 0 Å². The molecule has 0 bridgehead atoms. The van der Waals surface area contributed by atoms with Gasteiger partial charge in [-0.05, 0) is 40.2 Å². The van der Waals surface area contributed by atoms with Gasteiger partial charge in [-0.1, -0.05) is 12.1 Å². The van der Waals surface area contributed by atoms with Crippen LogP contribution in [0.15, 0.2) is 56.5 Å². The molecule has 2 nitrogen and oxygen atoms in total. The second-order valence-corrected chi connectivity index (χ2v) is 3.58. The average molecular weight is 250 g/mol. The first kappa shape index (κ1) is 9.21. The van der Waals surface area contributed by atoms with Crippen molar-refractivity contribution in [2.45, 2.75) is 0 Å². The summed E-state index contributed by atoms with van der Waals surface area (Å²) in [5.74, 6) is 0.751. The minimum absolute atomic E-state index is 0.751. The Morgan fingerprint density at radius 1 is 1.14 bits per heavy atom. The van der Waals surface area contributed by atoms with E-state index in [4.69, 9.17) is 4.42 Å². The highest BCUT2D eigenvalue weighted by molar-refractivity contribution is 9.10. The summed E-state index contributed by atoms with van der Waals surface area (Å²) in [6.07, 6.45) is 3.32. The molecule has 2 aromatic rings. The zero-order chi connectivity index (χ0) is 9.80. The lowest BCUT2D eigenvalue weighted by Crippen LogP contribution is -1.74. The van der Waals surface area contributed by atoms with Gasteiger partial charge in [0.1, 0.15) is 5.76 Å². The molecule has 0 radical (unpaired) electrons. The molecule has 70 valence electrons. The highest BCUT2D eigenvalue weighted by atomic mass is 79.9. The minimum atomic E-state index is 0.751. The summed E-state index contributed by atoms with van der Waals surface area (Å²) in [4.78, 5) is 4.28. The summed E-state index contributed by atoms with van der Waals surface area (Å²) >= 11 is 3.42. The Morgan fingerprint density at radius 2 is 2.00 bits per heavy atom. The van der Waals surface area contributed by atoms with E-state index in [2.05, 4.69) is 20.9 Å². The van der Waals surface area contributed by atoms with Gasteiger partial charge < -0.3 is 4.42 Å². The summed E-state index contributed by atoms with van der Waals surface area (Å²) in [7, 11) is 0. The van der Waals surface area contributed by atoms with Crippen molar-refractivity contribution in [1.29, 1.82) is 0 Å². The Balaban J connectivity index is 2.23. The topological polar surface area (TPSA) is 25.5 Å². The zero-order valence-corrected chi connectivity index (χ0v) is 8.94. The van der Waals surface area contributed by atoms with Crippen LogP contribution in [0, 0.1) is 0 Å². The number of hydrogen-bond acceptors (Lipinski definition) is 2. The normalized spacial score (nSPS) is 10.9. The van der Waals surface area contributed by atoms with Gasteiger partial charge in [-0.25, -0.2) is 0 Å². The van der Waals surface area contributed by atoms with Gasteiger partial charge >= 0.3 is 0 Å². The highest BCUT2D eigenvalue weighted by Crippen LogP contribution is 2.23.